The minimum atomic E-state index is 0.302. The van der Waals surface area contributed by atoms with Crippen LogP contribution in [0.5, 0.6) is 11.5 Å². The molecule has 0 aliphatic heterocycles. The fourth-order valence-electron chi connectivity index (χ4n) is 7.54. The summed E-state index contributed by atoms with van der Waals surface area (Å²) in [5.41, 5.74) is 1.39. The van der Waals surface area contributed by atoms with Crippen LogP contribution in [0.1, 0.15) is 80.1 Å². The van der Waals surface area contributed by atoms with E-state index in [-0.39, 0.29) is 0 Å². The molecule has 5 rings (SSSR count). The van der Waals surface area contributed by atoms with Crippen LogP contribution in [0, 0.1) is 33.5 Å². The van der Waals surface area contributed by atoms with Gasteiger partial charge in [0.25, 0.3) is 0 Å². The van der Waals surface area contributed by atoms with Crippen LogP contribution < -0.4 is 9.47 Å². The molecule has 0 aromatic heterocycles. The Labute approximate surface area is 171 Å². The quantitative estimate of drug-likeness (QED) is 0.565. The fourth-order valence-corrected chi connectivity index (χ4v) is 7.54. The zero-order valence-electron chi connectivity index (χ0n) is 18.7. The van der Waals surface area contributed by atoms with E-state index in [1.165, 1.54) is 38.5 Å². The molecule has 154 valence electrons. The molecular weight excluding hydrogens is 344 g/mol. The maximum atomic E-state index is 6.52. The van der Waals surface area contributed by atoms with Gasteiger partial charge in [-0.1, -0.05) is 41.5 Å². The Morgan fingerprint density at radius 1 is 0.643 bits per heavy atom. The zero-order valence-corrected chi connectivity index (χ0v) is 18.7. The van der Waals surface area contributed by atoms with Gasteiger partial charge in [0.2, 0.25) is 0 Å². The minimum absolute atomic E-state index is 0.302. The molecule has 2 nitrogen and oxygen atoms in total. The van der Waals surface area contributed by atoms with Crippen LogP contribution in [0.15, 0.2) is 24.3 Å². The van der Waals surface area contributed by atoms with E-state index in [1.54, 1.807) is 0 Å². The third kappa shape index (κ3) is 2.27. The van der Waals surface area contributed by atoms with Crippen LogP contribution in [-0.4, -0.2) is 12.2 Å². The van der Waals surface area contributed by atoms with E-state index in [2.05, 4.69) is 65.8 Å². The number of rotatable bonds is 4. The Kier molecular flexibility index (Phi) is 3.83. The minimum Gasteiger partial charge on any atom is -0.490 e. The molecule has 1 aromatic carbocycles. The van der Waals surface area contributed by atoms with Gasteiger partial charge in [-0.2, -0.15) is 0 Å². The van der Waals surface area contributed by atoms with Crippen LogP contribution in [0.3, 0.4) is 0 Å². The molecule has 4 bridgehead atoms. The molecule has 0 saturated heterocycles. The Bertz CT molecular complexity index is 698. The second-order valence-corrected chi connectivity index (χ2v) is 11.9. The van der Waals surface area contributed by atoms with Gasteiger partial charge < -0.3 is 9.47 Å². The van der Waals surface area contributed by atoms with E-state index in [0.29, 0.717) is 33.9 Å². The van der Waals surface area contributed by atoms with Gasteiger partial charge in [-0.25, -0.2) is 0 Å². The first-order valence-electron chi connectivity index (χ1n) is 11.5. The van der Waals surface area contributed by atoms with E-state index < -0.39 is 0 Å². The first kappa shape index (κ1) is 18.8. The lowest BCUT2D eigenvalue weighted by Crippen LogP contribution is -2.39. The lowest BCUT2D eigenvalue weighted by Gasteiger charge is -2.39. The van der Waals surface area contributed by atoms with Crippen molar-refractivity contribution in [2.75, 3.05) is 0 Å². The van der Waals surface area contributed by atoms with Gasteiger partial charge in [0.05, 0.1) is 0 Å². The predicted octanol–water partition coefficient (Wildman–Crippen LogP) is 6.87. The van der Waals surface area contributed by atoms with Crippen molar-refractivity contribution in [3.8, 4) is 11.5 Å². The average Bonchev–Trinajstić information content (AvgIpc) is 3.15. The summed E-state index contributed by atoms with van der Waals surface area (Å²) in [6.07, 6.45) is 8.44. The van der Waals surface area contributed by atoms with Crippen LogP contribution in [0.2, 0.25) is 0 Å². The van der Waals surface area contributed by atoms with Crippen molar-refractivity contribution < 1.29 is 9.47 Å². The lowest BCUT2D eigenvalue weighted by molar-refractivity contribution is 0.0278. The summed E-state index contributed by atoms with van der Waals surface area (Å²) >= 11 is 0. The topological polar surface area (TPSA) is 18.5 Å². The van der Waals surface area contributed by atoms with E-state index >= 15 is 0 Å². The molecule has 4 aliphatic rings. The van der Waals surface area contributed by atoms with Gasteiger partial charge in [0, 0.05) is 10.8 Å². The summed E-state index contributed by atoms with van der Waals surface area (Å²) in [7, 11) is 0. The molecule has 6 atom stereocenters. The third-order valence-corrected chi connectivity index (χ3v) is 10.8. The molecule has 0 unspecified atom stereocenters. The molecule has 0 amide bonds. The maximum absolute atomic E-state index is 6.52. The Morgan fingerprint density at radius 2 is 1.00 bits per heavy atom. The summed E-state index contributed by atoms with van der Waals surface area (Å²) in [5.74, 6) is 3.63. The summed E-state index contributed by atoms with van der Waals surface area (Å²) in [6.45, 7) is 14.7. The lowest BCUT2D eigenvalue weighted by atomic mass is 9.70. The van der Waals surface area contributed by atoms with E-state index in [1.807, 2.05) is 0 Å². The molecule has 0 radical (unpaired) electrons. The Morgan fingerprint density at radius 3 is 1.25 bits per heavy atom. The van der Waals surface area contributed by atoms with Crippen molar-refractivity contribution in [3.63, 3.8) is 0 Å². The summed E-state index contributed by atoms with van der Waals surface area (Å²) in [5, 5.41) is 0. The van der Waals surface area contributed by atoms with Crippen LogP contribution in [-0.2, 0) is 0 Å². The van der Waals surface area contributed by atoms with Gasteiger partial charge in [-0.15, -0.1) is 0 Å². The van der Waals surface area contributed by atoms with Gasteiger partial charge in [0.15, 0.2) is 0 Å². The number of benzene rings is 1. The smallest absolute Gasteiger partial charge is 0.120 e. The molecule has 28 heavy (non-hydrogen) atoms. The molecule has 2 heteroatoms. The molecule has 1 aromatic rings. The van der Waals surface area contributed by atoms with Crippen molar-refractivity contribution in [2.45, 2.75) is 92.3 Å². The van der Waals surface area contributed by atoms with Crippen molar-refractivity contribution in [2.24, 2.45) is 33.5 Å². The molecule has 4 aliphatic carbocycles. The highest BCUT2D eigenvalue weighted by atomic mass is 16.5. The first-order valence-corrected chi connectivity index (χ1v) is 11.5. The number of hydrogen-bond donors (Lipinski definition) is 0. The zero-order chi connectivity index (χ0) is 19.9. The first-order chi connectivity index (χ1) is 13.1. The van der Waals surface area contributed by atoms with Gasteiger partial charge >= 0.3 is 0 Å². The van der Waals surface area contributed by atoms with E-state index in [0.717, 1.165) is 23.3 Å². The summed E-state index contributed by atoms with van der Waals surface area (Å²) in [4.78, 5) is 0. The van der Waals surface area contributed by atoms with Crippen molar-refractivity contribution in [3.05, 3.63) is 24.3 Å². The van der Waals surface area contributed by atoms with E-state index in [4.69, 9.17) is 9.47 Å². The third-order valence-electron chi connectivity index (χ3n) is 10.8. The average molecular weight is 383 g/mol. The van der Waals surface area contributed by atoms with E-state index in [9.17, 15) is 0 Å². The van der Waals surface area contributed by atoms with Crippen LogP contribution in [0.4, 0.5) is 0 Å². The maximum Gasteiger partial charge on any atom is 0.120 e. The molecule has 0 spiro atoms. The highest BCUT2D eigenvalue weighted by Gasteiger charge is 2.63. The molecular formula is C26H38O2. The number of fused-ring (bicyclic) bond motifs is 4. The van der Waals surface area contributed by atoms with Crippen LogP contribution in [0.25, 0.3) is 0 Å². The highest BCUT2D eigenvalue weighted by Crippen LogP contribution is 2.67. The Balaban J connectivity index is 1.27. The molecule has 4 saturated carbocycles. The monoisotopic (exact) mass is 382 g/mol. The van der Waals surface area contributed by atoms with Gasteiger partial charge in [0.1, 0.15) is 23.7 Å². The molecule has 4 fully saturated rings. The second-order valence-electron chi connectivity index (χ2n) is 11.9. The number of ether oxygens (including phenoxy) is 2. The number of hydrogen-bond acceptors (Lipinski definition) is 2. The van der Waals surface area contributed by atoms with Crippen molar-refractivity contribution in [1.82, 2.24) is 0 Å². The van der Waals surface area contributed by atoms with Crippen molar-refractivity contribution >= 4 is 0 Å². The van der Waals surface area contributed by atoms with Gasteiger partial charge in [-0.3, -0.25) is 0 Å². The molecule has 0 N–H and O–H groups in total. The Hall–Kier alpha value is -1.18. The largest absolute Gasteiger partial charge is 0.490 e. The standard InChI is InChI=1S/C26H38O2/c1-23(2)17-11-13-25(23,5)21(15-17)27-19-7-9-20(10-8-19)28-22-16-18-12-14-26(22,6)24(18,3)4/h7-10,17-18,21-22H,11-16H2,1-6H3/t17-,18+,21-,22-,25+,26-/m1/s1. The highest BCUT2D eigenvalue weighted by molar-refractivity contribution is 5.32. The normalized spacial score (nSPS) is 44.8. The van der Waals surface area contributed by atoms with Crippen LogP contribution >= 0.6 is 0 Å². The van der Waals surface area contributed by atoms with Crippen molar-refractivity contribution in [1.29, 1.82) is 0 Å². The SMILES string of the molecule is CC1(C)[C@@H]2CC[C@@]1(C)[C@H](Oc1ccc(O[C@@H]3C[C@@H]4CC[C@@]3(C)C4(C)C)cc1)C2. The fraction of sp³-hybridized carbons (Fsp3) is 0.769. The van der Waals surface area contributed by atoms with Gasteiger partial charge in [-0.05, 0) is 85.5 Å². The second kappa shape index (κ2) is 5.70. The predicted molar refractivity (Wildman–Crippen MR) is 114 cm³/mol. The molecule has 0 heterocycles. The summed E-state index contributed by atoms with van der Waals surface area (Å²) in [6, 6.07) is 8.49. The summed E-state index contributed by atoms with van der Waals surface area (Å²) < 4.78 is 13.0.